The van der Waals surface area contributed by atoms with Crippen molar-refractivity contribution in [3.05, 3.63) is 21.6 Å². The van der Waals surface area contributed by atoms with Crippen molar-refractivity contribution >= 4 is 29.1 Å². The summed E-state index contributed by atoms with van der Waals surface area (Å²) in [5.41, 5.74) is 0.429. The molecule has 0 aliphatic carbocycles. The van der Waals surface area contributed by atoms with Crippen LogP contribution in [0.5, 0.6) is 0 Å². The van der Waals surface area contributed by atoms with Crippen molar-refractivity contribution in [1.29, 1.82) is 0 Å². The fourth-order valence-corrected chi connectivity index (χ4v) is 3.46. The van der Waals surface area contributed by atoms with Crippen molar-refractivity contribution in [3.8, 4) is 0 Å². The van der Waals surface area contributed by atoms with Crippen LogP contribution in [0.1, 0.15) is 26.2 Å². The Balaban J connectivity index is 2.01. The fraction of sp³-hybridized carbons (Fsp3) is 0.667. The molecular weight excluding hydrogens is 270 g/mol. The Bertz CT molecular complexity index is 457. The Labute approximate surface area is 116 Å². The molecule has 0 saturated carbocycles. The molecule has 0 bridgehead atoms. The summed E-state index contributed by atoms with van der Waals surface area (Å²) in [6.07, 6.45) is 5.48. The van der Waals surface area contributed by atoms with Crippen molar-refractivity contribution in [2.24, 2.45) is 0 Å². The van der Waals surface area contributed by atoms with Gasteiger partial charge in [0.15, 0.2) is 0 Å². The highest BCUT2D eigenvalue weighted by molar-refractivity contribution is 7.99. The summed E-state index contributed by atoms with van der Waals surface area (Å²) in [4.78, 5) is 11.8. The van der Waals surface area contributed by atoms with Gasteiger partial charge in [-0.1, -0.05) is 18.0 Å². The van der Waals surface area contributed by atoms with E-state index in [9.17, 15) is 4.79 Å². The van der Waals surface area contributed by atoms with Crippen LogP contribution in [0.25, 0.3) is 0 Å². The van der Waals surface area contributed by atoms with Gasteiger partial charge in [-0.05, 0) is 25.5 Å². The number of nitrogens with one attached hydrogen (secondary N) is 1. The molecule has 1 aliphatic heterocycles. The van der Waals surface area contributed by atoms with Gasteiger partial charge in [0.1, 0.15) is 5.02 Å². The lowest BCUT2D eigenvalue weighted by Crippen LogP contribution is -2.25. The van der Waals surface area contributed by atoms with Crippen LogP contribution in [0.4, 0.5) is 5.69 Å². The van der Waals surface area contributed by atoms with Crippen molar-refractivity contribution < 1.29 is 0 Å². The van der Waals surface area contributed by atoms with Crippen LogP contribution in [0.2, 0.25) is 5.02 Å². The van der Waals surface area contributed by atoms with E-state index in [1.54, 1.807) is 6.20 Å². The molecule has 1 aromatic rings. The molecule has 6 heteroatoms. The highest BCUT2D eigenvalue weighted by Gasteiger charge is 2.15. The van der Waals surface area contributed by atoms with Crippen LogP contribution in [0.3, 0.4) is 0 Å². The third-order valence-corrected chi connectivity index (χ3v) is 4.84. The van der Waals surface area contributed by atoms with Crippen LogP contribution in [-0.4, -0.2) is 27.3 Å². The maximum absolute atomic E-state index is 11.8. The van der Waals surface area contributed by atoms with Gasteiger partial charge in [-0.2, -0.15) is 16.9 Å². The fourth-order valence-electron chi connectivity index (χ4n) is 2.01. The first-order valence-electron chi connectivity index (χ1n) is 6.33. The Kier molecular flexibility index (Phi) is 4.95. The zero-order chi connectivity index (χ0) is 13.0. The number of rotatable bonds is 4. The summed E-state index contributed by atoms with van der Waals surface area (Å²) < 4.78 is 1.36. The predicted octanol–water partition coefficient (Wildman–Crippen LogP) is 2.61. The summed E-state index contributed by atoms with van der Waals surface area (Å²) in [6.45, 7) is 3.26. The van der Waals surface area contributed by atoms with Crippen molar-refractivity contribution in [1.82, 2.24) is 9.78 Å². The Morgan fingerprint density at radius 2 is 2.44 bits per heavy atom. The van der Waals surface area contributed by atoms with E-state index in [1.165, 1.54) is 29.7 Å². The molecule has 4 nitrogen and oxygen atoms in total. The van der Waals surface area contributed by atoms with Gasteiger partial charge >= 0.3 is 0 Å². The highest BCUT2D eigenvalue weighted by atomic mass is 35.5. The first-order chi connectivity index (χ1) is 8.72. The van der Waals surface area contributed by atoms with Crippen LogP contribution in [-0.2, 0) is 6.54 Å². The molecule has 100 valence electrons. The molecule has 1 atom stereocenters. The number of hydrogen-bond acceptors (Lipinski definition) is 4. The first-order valence-corrected chi connectivity index (χ1v) is 7.76. The molecule has 1 aliphatic rings. The average molecular weight is 288 g/mol. The van der Waals surface area contributed by atoms with Crippen LogP contribution < -0.4 is 10.9 Å². The highest BCUT2D eigenvalue weighted by Crippen LogP contribution is 2.25. The van der Waals surface area contributed by atoms with E-state index in [1.807, 2.05) is 18.7 Å². The molecule has 0 spiro atoms. The maximum atomic E-state index is 11.8. The molecule has 1 saturated heterocycles. The van der Waals surface area contributed by atoms with Gasteiger partial charge in [0.25, 0.3) is 5.56 Å². The summed E-state index contributed by atoms with van der Waals surface area (Å²) in [6, 6.07) is 0. The molecule has 1 aromatic heterocycles. The van der Waals surface area contributed by atoms with Crippen molar-refractivity contribution in [2.75, 3.05) is 17.6 Å². The molecule has 1 unspecified atom stereocenters. The molecule has 1 N–H and O–H groups in total. The monoisotopic (exact) mass is 287 g/mol. The Morgan fingerprint density at radius 1 is 1.61 bits per heavy atom. The van der Waals surface area contributed by atoms with Gasteiger partial charge in [0.2, 0.25) is 0 Å². The number of halogens is 1. The topological polar surface area (TPSA) is 46.9 Å². The minimum Gasteiger partial charge on any atom is -0.381 e. The Hall–Kier alpha value is -0.680. The number of aryl methyl sites for hydroxylation is 1. The average Bonchev–Trinajstić information content (AvgIpc) is 2.42. The van der Waals surface area contributed by atoms with Crippen LogP contribution >= 0.6 is 23.4 Å². The number of anilines is 1. The molecule has 0 amide bonds. The third kappa shape index (κ3) is 3.20. The minimum atomic E-state index is -0.222. The summed E-state index contributed by atoms with van der Waals surface area (Å²) >= 11 is 8.04. The van der Waals surface area contributed by atoms with Crippen LogP contribution in [0.15, 0.2) is 11.0 Å². The quantitative estimate of drug-likeness (QED) is 0.925. The van der Waals surface area contributed by atoms with Crippen molar-refractivity contribution in [3.63, 3.8) is 0 Å². The van der Waals surface area contributed by atoms with Gasteiger partial charge < -0.3 is 5.32 Å². The predicted molar refractivity (Wildman–Crippen MR) is 77.8 cm³/mol. The van der Waals surface area contributed by atoms with Gasteiger partial charge in [0.05, 0.1) is 11.9 Å². The van der Waals surface area contributed by atoms with Crippen LogP contribution in [0, 0.1) is 0 Å². The van der Waals surface area contributed by atoms with Gasteiger partial charge in [-0.25, -0.2) is 4.68 Å². The maximum Gasteiger partial charge on any atom is 0.287 e. The lowest BCUT2D eigenvalue weighted by atomic mass is 10.2. The normalized spacial score (nSPS) is 19.8. The van der Waals surface area contributed by atoms with E-state index >= 15 is 0 Å². The lowest BCUT2D eigenvalue weighted by Gasteiger charge is -2.22. The molecule has 2 heterocycles. The number of aromatic nitrogens is 2. The lowest BCUT2D eigenvalue weighted by molar-refractivity contribution is 0.615. The van der Waals surface area contributed by atoms with E-state index in [-0.39, 0.29) is 10.6 Å². The van der Waals surface area contributed by atoms with E-state index in [0.717, 1.165) is 6.54 Å². The smallest absolute Gasteiger partial charge is 0.287 e. The second kappa shape index (κ2) is 6.48. The minimum absolute atomic E-state index is 0.222. The summed E-state index contributed by atoms with van der Waals surface area (Å²) in [7, 11) is 0. The van der Waals surface area contributed by atoms with E-state index in [0.29, 0.717) is 17.5 Å². The first kappa shape index (κ1) is 13.7. The van der Waals surface area contributed by atoms with Gasteiger partial charge in [0, 0.05) is 18.3 Å². The second-order valence-electron chi connectivity index (χ2n) is 4.36. The third-order valence-electron chi connectivity index (χ3n) is 3.08. The van der Waals surface area contributed by atoms with Gasteiger partial charge in [-0.15, -0.1) is 0 Å². The van der Waals surface area contributed by atoms with Gasteiger partial charge in [-0.3, -0.25) is 4.79 Å². The Morgan fingerprint density at radius 3 is 3.11 bits per heavy atom. The molecule has 0 aromatic carbocycles. The summed E-state index contributed by atoms with van der Waals surface area (Å²) in [5, 5.41) is 8.18. The van der Waals surface area contributed by atoms with E-state index in [2.05, 4.69) is 10.4 Å². The summed E-state index contributed by atoms with van der Waals surface area (Å²) in [5.74, 6) is 1.23. The molecular formula is C12H18ClN3OS. The molecule has 1 fully saturated rings. The molecule has 18 heavy (non-hydrogen) atoms. The number of thioether (sulfide) groups is 1. The zero-order valence-corrected chi connectivity index (χ0v) is 12.1. The second-order valence-corrected chi connectivity index (χ2v) is 6.15. The number of nitrogens with zero attached hydrogens (tertiary/aromatic N) is 2. The molecule has 2 rings (SSSR count). The SMILES string of the molecule is CCn1ncc(NCC2CCCCS2)c(Cl)c1=O. The van der Waals surface area contributed by atoms with E-state index < -0.39 is 0 Å². The standard InChI is InChI=1S/C12H18ClN3OS/c1-2-16-12(17)11(13)10(8-15-16)14-7-9-5-3-4-6-18-9/h8-9,14H,2-7H2,1H3. The van der Waals surface area contributed by atoms with E-state index in [4.69, 9.17) is 11.6 Å². The number of hydrogen-bond donors (Lipinski definition) is 1. The zero-order valence-electron chi connectivity index (χ0n) is 10.5. The molecule has 0 radical (unpaired) electrons. The largest absolute Gasteiger partial charge is 0.381 e. The van der Waals surface area contributed by atoms with Crippen molar-refractivity contribution in [2.45, 2.75) is 38.0 Å².